The lowest BCUT2D eigenvalue weighted by Crippen LogP contribution is -1.85. The number of epoxide rings is 1. The van der Waals surface area contributed by atoms with Crippen molar-refractivity contribution in [2.75, 3.05) is 6.79 Å². The van der Waals surface area contributed by atoms with Gasteiger partial charge in [-0.05, 0) is 0 Å². The molecule has 0 bridgehead atoms. The summed E-state index contributed by atoms with van der Waals surface area (Å²) in [5, 5.41) is 0. The zero-order valence-electron chi connectivity index (χ0n) is 4.09. The van der Waals surface area contributed by atoms with E-state index < -0.39 is 0 Å². The summed E-state index contributed by atoms with van der Waals surface area (Å²) in [4.78, 5) is 0. The van der Waals surface area contributed by atoms with Gasteiger partial charge in [-0.15, -0.1) is 0 Å². The van der Waals surface area contributed by atoms with Crippen LogP contribution in [0.2, 0.25) is 0 Å². The molecule has 0 radical (unpaired) electrons. The number of hydrogen-bond acceptors (Lipinski definition) is 3. The quantitative estimate of drug-likeness (QED) is 0.432. The monoisotopic (exact) mass is 112 g/mol. The van der Waals surface area contributed by atoms with E-state index in [9.17, 15) is 0 Å². The molecule has 0 aromatic carbocycles. The van der Waals surface area contributed by atoms with E-state index in [-0.39, 0.29) is 6.79 Å². The fourth-order valence-electron chi connectivity index (χ4n) is 0.516. The van der Waals surface area contributed by atoms with E-state index >= 15 is 0 Å². The summed E-state index contributed by atoms with van der Waals surface area (Å²) < 4.78 is 14.4. The van der Waals surface area contributed by atoms with Crippen molar-refractivity contribution < 1.29 is 14.2 Å². The average Bonchev–Trinajstić information content (AvgIpc) is 2.36. The number of hydrogen-bond donors (Lipinski definition) is 0. The van der Waals surface area contributed by atoms with Gasteiger partial charge in [0.1, 0.15) is 12.5 Å². The Morgan fingerprint density at radius 3 is 2.38 bits per heavy atom. The molecule has 0 saturated carbocycles. The average molecular weight is 112 g/mol. The van der Waals surface area contributed by atoms with Crippen LogP contribution in [0.1, 0.15) is 0 Å². The van der Waals surface area contributed by atoms with E-state index in [4.69, 9.17) is 14.2 Å². The molecule has 0 N–H and O–H groups in total. The van der Waals surface area contributed by atoms with Gasteiger partial charge < -0.3 is 14.2 Å². The predicted octanol–water partition coefficient (Wildman–Crippen LogP) is 0.704. The van der Waals surface area contributed by atoms with Crippen LogP contribution in [0, 0.1) is 0 Å². The van der Waals surface area contributed by atoms with Gasteiger partial charge in [0.25, 0.3) is 0 Å². The van der Waals surface area contributed by atoms with Crippen molar-refractivity contribution in [1.29, 1.82) is 0 Å². The van der Waals surface area contributed by atoms with Crippen LogP contribution in [0.5, 0.6) is 0 Å². The minimum Gasteiger partial charge on any atom is -0.461 e. The lowest BCUT2D eigenvalue weighted by Gasteiger charge is -1.94. The van der Waals surface area contributed by atoms with Gasteiger partial charge in [-0.25, -0.2) is 0 Å². The van der Waals surface area contributed by atoms with Gasteiger partial charge in [-0.1, -0.05) is 0 Å². The molecule has 2 aliphatic heterocycles. The molecule has 2 heterocycles. The highest BCUT2D eigenvalue weighted by Gasteiger charge is 2.27. The molecule has 8 heavy (non-hydrogen) atoms. The molecule has 3 heteroatoms. The number of rotatable bonds is 0. The normalized spacial score (nSPS) is 22.0. The molecule has 0 unspecified atom stereocenters. The Kier molecular flexibility index (Phi) is 0.566. The van der Waals surface area contributed by atoms with E-state index in [2.05, 4.69) is 0 Å². The van der Waals surface area contributed by atoms with Crippen LogP contribution in [0.4, 0.5) is 0 Å². The summed E-state index contributed by atoms with van der Waals surface area (Å²) in [6, 6.07) is 0. The van der Waals surface area contributed by atoms with E-state index in [0.29, 0.717) is 0 Å². The van der Waals surface area contributed by atoms with Crippen LogP contribution in [-0.4, -0.2) is 6.79 Å². The fraction of sp³-hybridized carbons (Fsp3) is 0.200. The second-order valence-corrected chi connectivity index (χ2v) is 1.52. The summed E-state index contributed by atoms with van der Waals surface area (Å²) in [5.41, 5.74) is 0. The molecule has 1 saturated heterocycles. The Morgan fingerprint density at radius 2 is 1.75 bits per heavy atom. The lowest BCUT2D eigenvalue weighted by molar-refractivity contribution is 0.0427. The molecular weight excluding hydrogens is 108 g/mol. The van der Waals surface area contributed by atoms with E-state index in [1.807, 2.05) is 0 Å². The molecule has 0 aromatic heterocycles. The van der Waals surface area contributed by atoms with Crippen LogP contribution < -0.4 is 0 Å². The van der Waals surface area contributed by atoms with Crippen LogP contribution >= 0.6 is 0 Å². The maximum Gasteiger partial charge on any atom is 0.229 e. The van der Waals surface area contributed by atoms with Crippen molar-refractivity contribution in [3.63, 3.8) is 0 Å². The van der Waals surface area contributed by atoms with Gasteiger partial charge in [0.2, 0.25) is 18.3 Å². The van der Waals surface area contributed by atoms with Crippen molar-refractivity contribution in [2.45, 2.75) is 0 Å². The van der Waals surface area contributed by atoms with Gasteiger partial charge in [0, 0.05) is 0 Å². The van der Waals surface area contributed by atoms with E-state index in [1.165, 1.54) is 0 Å². The first kappa shape index (κ1) is 3.83. The second kappa shape index (κ2) is 1.18. The SMILES string of the molecule is C1=C2OC2=COCO1. The van der Waals surface area contributed by atoms with Crippen molar-refractivity contribution in [3.05, 3.63) is 24.0 Å². The first-order valence-electron chi connectivity index (χ1n) is 2.28. The molecule has 0 amide bonds. The topological polar surface area (TPSA) is 31.0 Å². The van der Waals surface area contributed by atoms with Crippen molar-refractivity contribution in [1.82, 2.24) is 0 Å². The first-order valence-corrected chi connectivity index (χ1v) is 2.28. The standard InChI is InChI=1S/C5H4O3/c1-4-5(8-4)2-7-3-6-1/h1-2H,3H2. The molecular formula is C5H4O3. The Morgan fingerprint density at radius 1 is 1.12 bits per heavy atom. The Balaban J connectivity index is 2.25. The maximum absolute atomic E-state index is 4.83. The Bertz CT molecular complexity index is 151. The van der Waals surface area contributed by atoms with Crippen molar-refractivity contribution >= 4 is 0 Å². The third-order valence-corrected chi connectivity index (χ3v) is 0.938. The number of ether oxygens (including phenoxy) is 3. The van der Waals surface area contributed by atoms with Crippen LogP contribution in [0.25, 0.3) is 0 Å². The Hall–Kier alpha value is -1.12. The molecule has 1 fully saturated rings. The molecule has 0 aromatic rings. The molecule has 2 rings (SSSR count). The summed E-state index contributed by atoms with van der Waals surface area (Å²) >= 11 is 0. The molecule has 0 aliphatic carbocycles. The first-order chi connectivity index (χ1) is 3.97. The largest absolute Gasteiger partial charge is 0.461 e. The van der Waals surface area contributed by atoms with E-state index in [0.717, 1.165) is 11.5 Å². The molecule has 0 spiro atoms. The highest BCUT2D eigenvalue weighted by atomic mass is 16.7. The summed E-state index contributed by atoms with van der Waals surface area (Å²) in [5.74, 6) is 1.56. The maximum atomic E-state index is 4.83. The predicted molar refractivity (Wildman–Crippen MR) is 24.3 cm³/mol. The van der Waals surface area contributed by atoms with Gasteiger partial charge in [0.15, 0.2) is 0 Å². The minimum atomic E-state index is 0.288. The third-order valence-electron chi connectivity index (χ3n) is 0.938. The molecule has 2 aliphatic rings. The van der Waals surface area contributed by atoms with Gasteiger partial charge in [0.05, 0.1) is 0 Å². The second-order valence-electron chi connectivity index (χ2n) is 1.52. The Labute approximate surface area is 46.1 Å². The molecule has 42 valence electrons. The van der Waals surface area contributed by atoms with Crippen LogP contribution in [0.15, 0.2) is 24.0 Å². The van der Waals surface area contributed by atoms with Gasteiger partial charge >= 0.3 is 0 Å². The van der Waals surface area contributed by atoms with Crippen LogP contribution in [0.3, 0.4) is 0 Å². The summed E-state index contributed by atoms with van der Waals surface area (Å²) in [7, 11) is 0. The highest BCUT2D eigenvalue weighted by Crippen LogP contribution is 2.32. The summed E-state index contributed by atoms with van der Waals surface area (Å²) in [6.07, 6.45) is 3.08. The molecule has 0 atom stereocenters. The smallest absolute Gasteiger partial charge is 0.229 e. The third kappa shape index (κ3) is 0.443. The van der Waals surface area contributed by atoms with E-state index in [1.54, 1.807) is 12.5 Å². The number of fused-ring (bicyclic) bond motifs is 1. The lowest BCUT2D eigenvalue weighted by atomic mass is 10.6. The minimum absolute atomic E-state index is 0.288. The van der Waals surface area contributed by atoms with Crippen LogP contribution in [-0.2, 0) is 14.2 Å². The van der Waals surface area contributed by atoms with Crippen molar-refractivity contribution in [3.8, 4) is 0 Å². The van der Waals surface area contributed by atoms with Crippen molar-refractivity contribution in [2.24, 2.45) is 0 Å². The zero-order valence-corrected chi connectivity index (χ0v) is 4.09. The molecule has 3 nitrogen and oxygen atoms in total. The highest BCUT2D eigenvalue weighted by molar-refractivity contribution is 5.32. The van der Waals surface area contributed by atoms with Gasteiger partial charge in [-0.3, -0.25) is 0 Å². The van der Waals surface area contributed by atoms with Gasteiger partial charge in [-0.2, -0.15) is 0 Å². The summed E-state index contributed by atoms with van der Waals surface area (Å²) in [6.45, 7) is 0.288. The fourth-order valence-corrected chi connectivity index (χ4v) is 0.516. The zero-order chi connectivity index (χ0) is 5.40.